The number of ether oxygens (including phenoxy) is 1. The molecule has 0 aliphatic carbocycles. The minimum Gasteiger partial charge on any atom is -0.378 e. The van der Waals surface area contributed by atoms with Gasteiger partial charge < -0.3 is 4.74 Å². The Hall–Kier alpha value is -0.820. The third kappa shape index (κ3) is 4.16. The zero-order valence-electron chi connectivity index (χ0n) is 11.1. The predicted molar refractivity (Wildman–Crippen MR) is 72.1 cm³/mol. The standard InChI is InChI=1S/C16H24O/c1-13(2)10-16-9-8-15(12-17-16)11-14-6-4-3-5-7-14/h3-7,13,15-16H,8-12H2,1-2H3. The second kappa shape index (κ2) is 6.20. The van der Waals surface area contributed by atoms with Gasteiger partial charge in [0.05, 0.1) is 12.7 Å². The topological polar surface area (TPSA) is 9.23 Å². The van der Waals surface area contributed by atoms with E-state index < -0.39 is 0 Å². The maximum atomic E-state index is 5.97. The summed E-state index contributed by atoms with van der Waals surface area (Å²) in [5.41, 5.74) is 1.45. The molecule has 1 saturated heterocycles. The first-order valence-electron chi connectivity index (χ1n) is 6.89. The molecule has 0 bridgehead atoms. The maximum Gasteiger partial charge on any atom is 0.0577 e. The van der Waals surface area contributed by atoms with Crippen LogP contribution in [0.15, 0.2) is 30.3 Å². The van der Waals surface area contributed by atoms with Gasteiger partial charge in [0.15, 0.2) is 0 Å². The number of hydrogen-bond acceptors (Lipinski definition) is 1. The third-order valence-electron chi connectivity index (χ3n) is 3.57. The van der Waals surface area contributed by atoms with Crippen LogP contribution in [0.25, 0.3) is 0 Å². The van der Waals surface area contributed by atoms with Gasteiger partial charge in [0.25, 0.3) is 0 Å². The minimum atomic E-state index is 0.516. The zero-order chi connectivity index (χ0) is 12.1. The van der Waals surface area contributed by atoms with Gasteiger partial charge in [-0.2, -0.15) is 0 Å². The highest BCUT2D eigenvalue weighted by Crippen LogP contribution is 2.25. The molecule has 1 heteroatoms. The lowest BCUT2D eigenvalue weighted by Crippen LogP contribution is -2.28. The van der Waals surface area contributed by atoms with Gasteiger partial charge in [-0.1, -0.05) is 44.2 Å². The summed E-state index contributed by atoms with van der Waals surface area (Å²) in [6.07, 6.45) is 5.48. The van der Waals surface area contributed by atoms with Crippen LogP contribution in [0.5, 0.6) is 0 Å². The van der Waals surface area contributed by atoms with Crippen LogP contribution < -0.4 is 0 Å². The van der Waals surface area contributed by atoms with Crippen LogP contribution in [0, 0.1) is 11.8 Å². The quantitative estimate of drug-likeness (QED) is 0.760. The van der Waals surface area contributed by atoms with E-state index in [1.165, 1.54) is 31.2 Å². The zero-order valence-corrected chi connectivity index (χ0v) is 11.1. The van der Waals surface area contributed by atoms with Gasteiger partial charge >= 0.3 is 0 Å². The first kappa shape index (κ1) is 12.6. The van der Waals surface area contributed by atoms with Crippen LogP contribution >= 0.6 is 0 Å². The maximum absolute atomic E-state index is 5.97. The number of benzene rings is 1. The van der Waals surface area contributed by atoms with Crippen molar-refractivity contribution in [3.8, 4) is 0 Å². The monoisotopic (exact) mass is 232 g/mol. The second-order valence-electron chi connectivity index (χ2n) is 5.72. The van der Waals surface area contributed by atoms with E-state index in [0.717, 1.165) is 18.4 Å². The Morgan fingerprint density at radius 1 is 1.18 bits per heavy atom. The van der Waals surface area contributed by atoms with Crippen molar-refractivity contribution in [2.24, 2.45) is 11.8 Å². The van der Waals surface area contributed by atoms with Gasteiger partial charge in [-0.05, 0) is 43.1 Å². The van der Waals surface area contributed by atoms with Crippen LogP contribution in [0.3, 0.4) is 0 Å². The lowest BCUT2D eigenvalue weighted by Gasteiger charge is -2.30. The summed E-state index contributed by atoms with van der Waals surface area (Å²) in [6, 6.07) is 10.8. The van der Waals surface area contributed by atoms with E-state index in [-0.39, 0.29) is 0 Å². The fraction of sp³-hybridized carbons (Fsp3) is 0.625. The summed E-state index contributed by atoms with van der Waals surface area (Å²) in [7, 11) is 0. The fourth-order valence-electron chi connectivity index (χ4n) is 2.68. The molecule has 0 N–H and O–H groups in total. The molecular weight excluding hydrogens is 208 g/mol. The molecule has 1 aromatic carbocycles. The molecule has 1 aromatic rings. The summed E-state index contributed by atoms with van der Waals surface area (Å²) < 4.78 is 5.97. The Balaban J connectivity index is 1.76. The molecule has 0 aromatic heterocycles. The molecule has 1 aliphatic heterocycles. The van der Waals surface area contributed by atoms with E-state index in [1.807, 2.05) is 0 Å². The molecule has 1 fully saturated rings. The highest BCUT2D eigenvalue weighted by atomic mass is 16.5. The first-order valence-corrected chi connectivity index (χ1v) is 6.89. The van der Waals surface area contributed by atoms with E-state index in [9.17, 15) is 0 Å². The van der Waals surface area contributed by atoms with Gasteiger partial charge in [0.2, 0.25) is 0 Å². The Kier molecular flexibility index (Phi) is 4.61. The summed E-state index contributed by atoms with van der Waals surface area (Å²) >= 11 is 0. The summed E-state index contributed by atoms with van der Waals surface area (Å²) in [6.45, 7) is 5.51. The van der Waals surface area contributed by atoms with Crippen molar-refractivity contribution >= 4 is 0 Å². The molecular formula is C16H24O. The van der Waals surface area contributed by atoms with E-state index in [0.29, 0.717) is 6.10 Å². The van der Waals surface area contributed by atoms with Crippen molar-refractivity contribution < 1.29 is 4.74 Å². The molecule has 0 amide bonds. The molecule has 1 nitrogen and oxygen atoms in total. The number of hydrogen-bond donors (Lipinski definition) is 0. The van der Waals surface area contributed by atoms with Crippen molar-refractivity contribution in [1.82, 2.24) is 0 Å². The van der Waals surface area contributed by atoms with Crippen molar-refractivity contribution in [3.05, 3.63) is 35.9 Å². The van der Waals surface area contributed by atoms with Gasteiger partial charge in [-0.15, -0.1) is 0 Å². The minimum absolute atomic E-state index is 0.516. The van der Waals surface area contributed by atoms with E-state index in [2.05, 4.69) is 44.2 Å². The largest absolute Gasteiger partial charge is 0.378 e. The molecule has 1 heterocycles. The van der Waals surface area contributed by atoms with Crippen molar-refractivity contribution in [1.29, 1.82) is 0 Å². The molecule has 2 unspecified atom stereocenters. The van der Waals surface area contributed by atoms with Crippen LogP contribution in [0.2, 0.25) is 0 Å². The highest BCUT2D eigenvalue weighted by Gasteiger charge is 2.22. The fourth-order valence-corrected chi connectivity index (χ4v) is 2.68. The van der Waals surface area contributed by atoms with Gasteiger partial charge in [0.1, 0.15) is 0 Å². The lowest BCUT2D eigenvalue weighted by atomic mass is 9.90. The number of rotatable bonds is 4. The van der Waals surface area contributed by atoms with Crippen LogP contribution in [-0.2, 0) is 11.2 Å². The van der Waals surface area contributed by atoms with Gasteiger partial charge in [-0.25, -0.2) is 0 Å². The van der Waals surface area contributed by atoms with Gasteiger partial charge in [-0.3, -0.25) is 0 Å². The first-order chi connectivity index (χ1) is 8.24. The SMILES string of the molecule is CC(C)CC1CCC(Cc2ccccc2)CO1. The second-order valence-corrected chi connectivity index (χ2v) is 5.72. The van der Waals surface area contributed by atoms with E-state index >= 15 is 0 Å². The Morgan fingerprint density at radius 2 is 1.94 bits per heavy atom. The molecule has 2 rings (SSSR count). The van der Waals surface area contributed by atoms with E-state index in [1.54, 1.807) is 0 Å². The highest BCUT2D eigenvalue weighted by molar-refractivity contribution is 5.15. The van der Waals surface area contributed by atoms with Crippen molar-refractivity contribution in [2.75, 3.05) is 6.61 Å². The smallest absolute Gasteiger partial charge is 0.0577 e. The normalized spacial score (nSPS) is 25.1. The third-order valence-corrected chi connectivity index (χ3v) is 3.57. The molecule has 0 radical (unpaired) electrons. The molecule has 1 aliphatic rings. The van der Waals surface area contributed by atoms with Crippen LogP contribution in [0.4, 0.5) is 0 Å². The summed E-state index contributed by atoms with van der Waals surface area (Å²) in [5, 5.41) is 0. The van der Waals surface area contributed by atoms with Crippen molar-refractivity contribution in [2.45, 2.75) is 45.6 Å². The van der Waals surface area contributed by atoms with Gasteiger partial charge in [0, 0.05) is 0 Å². The molecule has 94 valence electrons. The summed E-state index contributed by atoms with van der Waals surface area (Å²) in [5.74, 6) is 1.48. The molecule has 0 spiro atoms. The average molecular weight is 232 g/mol. The Bertz CT molecular complexity index is 310. The van der Waals surface area contributed by atoms with Crippen LogP contribution in [0.1, 0.15) is 38.7 Å². The molecule has 17 heavy (non-hydrogen) atoms. The lowest BCUT2D eigenvalue weighted by molar-refractivity contribution is -0.0252. The summed E-state index contributed by atoms with van der Waals surface area (Å²) in [4.78, 5) is 0. The predicted octanol–water partition coefficient (Wildman–Crippen LogP) is 4.07. The molecule has 0 saturated carbocycles. The molecule has 2 atom stereocenters. The van der Waals surface area contributed by atoms with Crippen molar-refractivity contribution in [3.63, 3.8) is 0 Å². The Morgan fingerprint density at radius 3 is 2.53 bits per heavy atom. The van der Waals surface area contributed by atoms with E-state index in [4.69, 9.17) is 4.74 Å². The Labute approximate surface area is 105 Å². The average Bonchev–Trinajstić information content (AvgIpc) is 2.32. The van der Waals surface area contributed by atoms with Crippen LogP contribution in [-0.4, -0.2) is 12.7 Å².